The first-order valence-electron chi connectivity index (χ1n) is 9.38. The average Bonchev–Trinajstić information content (AvgIpc) is 3.08. The van der Waals surface area contributed by atoms with Crippen LogP contribution in [-0.4, -0.2) is 34.8 Å². The second kappa shape index (κ2) is 7.08. The highest BCUT2D eigenvalue weighted by molar-refractivity contribution is 5.79. The van der Waals surface area contributed by atoms with Gasteiger partial charge >= 0.3 is 0 Å². The van der Waals surface area contributed by atoms with Crippen LogP contribution in [0.5, 0.6) is 0 Å². The second-order valence-electron chi connectivity index (χ2n) is 7.07. The number of imidazole rings is 1. The van der Waals surface area contributed by atoms with E-state index in [4.69, 9.17) is 4.74 Å². The molecule has 26 heavy (non-hydrogen) atoms. The van der Waals surface area contributed by atoms with Crippen LogP contribution in [0, 0.1) is 0 Å². The predicted molar refractivity (Wildman–Crippen MR) is 105 cm³/mol. The molecule has 1 aliphatic heterocycles. The fraction of sp³-hybridized carbons (Fsp3) is 0.429. The number of hydrogen-bond acceptors (Lipinski definition) is 4. The van der Waals surface area contributed by atoms with Gasteiger partial charge in [0.05, 0.1) is 18.0 Å². The lowest BCUT2D eigenvalue weighted by molar-refractivity contribution is 0.0853. The van der Waals surface area contributed by atoms with E-state index in [1.54, 1.807) is 0 Å². The summed E-state index contributed by atoms with van der Waals surface area (Å²) in [6, 6.07) is 9.01. The minimum atomic E-state index is 0.623. The molecule has 0 spiro atoms. The van der Waals surface area contributed by atoms with Crippen molar-refractivity contribution in [1.29, 1.82) is 0 Å². The number of aryl methyl sites for hydroxylation is 2. The van der Waals surface area contributed by atoms with Gasteiger partial charge in [-0.15, -0.1) is 0 Å². The van der Waals surface area contributed by atoms with Crippen molar-refractivity contribution in [1.82, 2.24) is 14.5 Å². The Morgan fingerprint density at radius 1 is 1.19 bits per heavy atom. The number of ether oxygens (including phenoxy) is 1. The third kappa shape index (κ3) is 3.07. The van der Waals surface area contributed by atoms with Crippen LogP contribution in [0.1, 0.15) is 36.8 Å². The van der Waals surface area contributed by atoms with E-state index < -0.39 is 0 Å². The smallest absolute Gasteiger partial charge is 0.134 e. The summed E-state index contributed by atoms with van der Waals surface area (Å²) in [5, 5.41) is 0. The van der Waals surface area contributed by atoms with E-state index in [9.17, 15) is 0 Å². The minimum absolute atomic E-state index is 0.623. The van der Waals surface area contributed by atoms with Crippen molar-refractivity contribution < 1.29 is 4.74 Å². The van der Waals surface area contributed by atoms with Gasteiger partial charge in [-0.05, 0) is 42.4 Å². The number of pyridine rings is 1. The maximum Gasteiger partial charge on any atom is 0.134 e. The number of hydrogen-bond donors (Lipinski definition) is 0. The van der Waals surface area contributed by atoms with Crippen molar-refractivity contribution in [2.24, 2.45) is 7.05 Å². The Hall–Kier alpha value is -2.40. The fourth-order valence-corrected chi connectivity index (χ4v) is 3.83. The van der Waals surface area contributed by atoms with E-state index in [0.717, 1.165) is 49.3 Å². The first-order chi connectivity index (χ1) is 12.7. The van der Waals surface area contributed by atoms with Gasteiger partial charge in [-0.25, -0.2) is 9.97 Å². The molecule has 0 unspecified atom stereocenters. The van der Waals surface area contributed by atoms with Crippen molar-refractivity contribution in [3.63, 3.8) is 0 Å². The van der Waals surface area contributed by atoms with Crippen LogP contribution < -0.4 is 4.90 Å². The summed E-state index contributed by atoms with van der Waals surface area (Å²) in [5.41, 5.74) is 6.05. The highest BCUT2D eigenvalue weighted by Crippen LogP contribution is 2.33. The molecule has 1 aliphatic rings. The molecule has 0 N–H and O–H groups in total. The molecule has 0 saturated carbocycles. The van der Waals surface area contributed by atoms with Crippen LogP contribution >= 0.6 is 0 Å². The van der Waals surface area contributed by atoms with E-state index >= 15 is 0 Å². The molecule has 0 radical (unpaired) electrons. The minimum Gasteiger partial charge on any atom is -0.381 e. The maximum atomic E-state index is 5.51. The molecule has 1 saturated heterocycles. The van der Waals surface area contributed by atoms with Crippen LogP contribution in [0.3, 0.4) is 0 Å². The molecule has 0 bridgehead atoms. The molecule has 4 rings (SSSR count). The standard InChI is InChI=1S/C21H26N4O/c1-4-15-11-17(16-7-9-26-10-8-16)5-6-19(15)25(3)21-12-20-18(13-22-21)23-14-24(20)2/h5-6,11-14,16H,4,7-10H2,1-3H3. The van der Waals surface area contributed by atoms with Crippen LogP contribution in [0.25, 0.3) is 11.0 Å². The monoisotopic (exact) mass is 350 g/mol. The molecule has 0 amide bonds. The third-order valence-electron chi connectivity index (χ3n) is 5.48. The van der Waals surface area contributed by atoms with Crippen molar-refractivity contribution in [2.75, 3.05) is 25.2 Å². The molecular weight excluding hydrogens is 324 g/mol. The molecule has 136 valence electrons. The number of anilines is 2. The van der Waals surface area contributed by atoms with Gasteiger partial charge < -0.3 is 14.2 Å². The zero-order valence-electron chi connectivity index (χ0n) is 15.8. The SMILES string of the molecule is CCc1cc(C2CCOCC2)ccc1N(C)c1cc2c(cn1)ncn2C. The summed E-state index contributed by atoms with van der Waals surface area (Å²) < 4.78 is 7.54. The van der Waals surface area contributed by atoms with Gasteiger partial charge in [0.25, 0.3) is 0 Å². The lowest BCUT2D eigenvalue weighted by atomic mass is 9.90. The van der Waals surface area contributed by atoms with Gasteiger partial charge in [-0.2, -0.15) is 0 Å². The molecule has 5 heteroatoms. The van der Waals surface area contributed by atoms with Gasteiger partial charge in [-0.1, -0.05) is 19.1 Å². The van der Waals surface area contributed by atoms with E-state index in [1.807, 2.05) is 24.1 Å². The van der Waals surface area contributed by atoms with E-state index in [1.165, 1.54) is 16.8 Å². The summed E-state index contributed by atoms with van der Waals surface area (Å²) in [5.74, 6) is 1.56. The van der Waals surface area contributed by atoms with Gasteiger partial charge in [0.2, 0.25) is 0 Å². The molecule has 5 nitrogen and oxygen atoms in total. The summed E-state index contributed by atoms with van der Waals surface area (Å²) in [6.45, 7) is 3.98. The van der Waals surface area contributed by atoms with Gasteiger partial charge in [0.15, 0.2) is 0 Å². The quantitative estimate of drug-likeness (QED) is 0.707. The third-order valence-corrected chi connectivity index (χ3v) is 5.48. The summed E-state index contributed by atoms with van der Waals surface area (Å²) in [7, 11) is 4.10. The van der Waals surface area contributed by atoms with Crippen molar-refractivity contribution in [3.05, 3.63) is 47.9 Å². The number of rotatable bonds is 4. The molecular formula is C21H26N4O. The highest BCUT2D eigenvalue weighted by Gasteiger charge is 2.18. The lowest BCUT2D eigenvalue weighted by Crippen LogP contribution is -2.16. The Kier molecular flexibility index (Phi) is 4.64. The molecule has 3 aromatic rings. The summed E-state index contributed by atoms with van der Waals surface area (Å²) >= 11 is 0. The molecule has 0 atom stereocenters. The molecule has 1 fully saturated rings. The Balaban J connectivity index is 1.67. The highest BCUT2D eigenvalue weighted by atomic mass is 16.5. The molecule has 0 aliphatic carbocycles. The first kappa shape index (κ1) is 17.0. The number of nitrogens with zero attached hydrogens (tertiary/aromatic N) is 4. The first-order valence-corrected chi connectivity index (χ1v) is 9.38. The molecule has 3 heterocycles. The van der Waals surface area contributed by atoms with Gasteiger partial charge in [0, 0.05) is 39.1 Å². The summed E-state index contributed by atoms with van der Waals surface area (Å²) in [4.78, 5) is 11.2. The van der Waals surface area contributed by atoms with Crippen molar-refractivity contribution in [3.8, 4) is 0 Å². The Morgan fingerprint density at radius 2 is 2.00 bits per heavy atom. The predicted octanol–water partition coefficient (Wildman–Crippen LogP) is 4.19. The van der Waals surface area contributed by atoms with Gasteiger partial charge in [0.1, 0.15) is 11.3 Å². The normalized spacial score (nSPS) is 15.5. The number of fused-ring (bicyclic) bond motifs is 1. The maximum absolute atomic E-state index is 5.51. The zero-order chi connectivity index (χ0) is 18.1. The zero-order valence-corrected chi connectivity index (χ0v) is 15.8. The van der Waals surface area contributed by atoms with Crippen LogP contribution in [0.4, 0.5) is 11.5 Å². The number of benzene rings is 1. The van der Waals surface area contributed by atoms with Crippen molar-refractivity contribution >= 4 is 22.5 Å². The van der Waals surface area contributed by atoms with Crippen molar-refractivity contribution in [2.45, 2.75) is 32.1 Å². The Morgan fingerprint density at radius 3 is 2.77 bits per heavy atom. The number of aromatic nitrogens is 3. The van der Waals surface area contributed by atoms with E-state index in [-0.39, 0.29) is 0 Å². The largest absolute Gasteiger partial charge is 0.381 e. The van der Waals surface area contributed by atoms with Crippen LogP contribution in [-0.2, 0) is 18.2 Å². The summed E-state index contributed by atoms with van der Waals surface area (Å²) in [6.07, 6.45) is 6.93. The second-order valence-corrected chi connectivity index (χ2v) is 7.07. The van der Waals surface area contributed by atoms with Gasteiger partial charge in [-0.3, -0.25) is 0 Å². The lowest BCUT2D eigenvalue weighted by Gasteiger charge is -2.26. The topological polar surface area (TPSA) is 43.2 Å². The molecule has 1 aromatic carbocycles. The Labute approximate surface area is 154 Å². The van der Waals surface area contributed by atoms with Crippen LogP contribution in [0.2, 0.25) is 0 Å². The van der Waals surface area contributed by atoms with E-state index in [0.29, 0.717) is 5.92 Å². The Bertz CT molecular complexity index is 912. The van der Waals surface area contributed by atoms with Crippen LogP contribution in [0.15, 0.2) is 36.8 Å². The van der Waals surface area contributed by atoms with E-state index in [2.05, 4.69) is 53.1 Å². The average molecular weight is 350 g/mol. The molecule has 2 aromatic heterocycles. The fourth-order valence-electron chi connectivity index (χ4n) is 3.83.